The second kappa shape index (κ2) is 7.82. The molecule has 26 heavy (non-hydrogen) atoms. The SMILES string of the molecule is C1=CC2=[C]([Cr][c]3cccc4cccnc34)c3ccccc3C2C=C1.Cl.Cl. The monoisotopic (exact) mass is 417 g/mol. The van der Waals surface area contributed by atoms with Gasteiger partial charge in [0.1, 0.15) is 0 Å². The van der Waals surface area contributed by atoms with Gasteiger partial charge >= 0.3 is 148 Å². The van der Waals surface area contributed by atoms with E-state index in [1.54, 1.807) is 0 Å². The van der Waals surface area contributed by atoms with Gasteiger partial charge in [0.05, 0.1) is 0 Å². The summed E-state index contributed by atoms with van der Waals surface area (Å²) in [5, 5.41) is 1.23. The van der Waals surface area contributed by atoms with Gasteiger partial charge in [-0.1, -0.05) is 0 Å². The third kappa shape index (κ3) is 3.04. The molecule has 0 fully saturated rings. The fourth-order valence-corrected chi connectivity index (χ4v) is 5.48. The molecule has 1 atom stereocenters. The van der Waals surface area contributed by atoms with Crippen LogP contribution in [0.25, 0.3) is 15.3 Å². The third-order valence-corrected chi connectivity index (χ3v) is 6.52. The van der Waals surface area contributed by atoms with E-state index in [1.807, 2.05) is 12.3 Å². The zero-order chi connectivity index (χ0) is 15.9. The summed E-state index contributed by atoms with van der Waals surface area (Å²) < 4.78 is 2.86. The van der Waals surface area contributed by atoms with Gasteiger partial charge < -0.3 is 0 Å². The van der Waals surface area contributed by atoms with Gasteiger partial charge in [-0.05, 0) is 0 Å². The normalized spacial score (nSPS) is 16.7. The molecule has 1 heterocycles. The van der Waals surface area contributed by atoms with Crippen molar-refractivity contribution in [3.8, 4) is 0 Å². The van der Waals surface area contributed by atoms with E-state index in [4.69, 9.17) is 0 Å². The van der Waals surface area contributed by atoms with Crippen molar-refractivity contribution in [3.05, 3.63) is 102 Å². The first-order valence-electron chi connectivity index (χ1n) is 8.12. The van der Waals surface area contributed by atoms with E-state index in [-0.39, 0.29) is 40.0 Å². The number of para-hydroxylation sites is 1. The van der Waals surface area contributed by atoms with E-state index in [0.29, 0.717) is 5.92 Å². The van der Waals surface area contributed by atoms with Crippen LogP contribution < -0.4 is 4.43 Å². The number of aromatic nitrogens is 1. The van der Waals surface area contributed by atoms with Gasteiger partial charge in [-0.3, -0.25) is 0 Å². The summed E-state index contributed by atoms with van der Waals surface area (Å²) in [6, 6.07) is 19.5. The van der Waals surface area contributed by atoms with Crippen molar-refractivity contribution in [3.63, 3.8) is 0 Å². The Hall–Kier alpha value is -1.82. The van der Waals surface area contributed by atoms with Crippen LogP contribution in [0, 0.1) is 0 Å². The van der Waals surface area contributed by atoms with E-state index in [2.05, 4.69) is 77.8 Å². The predicted octanol–water partition coefficient (Wildman–Crippen LogP) is 5.42. The molecule has 2 aromatic carbocycles. The van der Waals surface area contributed by atoms with Gasteiger partial charge in [-0.25, -0.2) is 0 Å². The predicted molar refractivity (Wildman–Crippen MR) is 110 cm³/mol. The Morgan fingerprint density at radius 2 is 1.69 bits per heavy atom. The smallest absolute Gasteiger partial charge is 0.147 e. The van der Waals surface area contributed by atoms with E-state index >= 15 is 0 Å². The zero-order valence-electron chi connectivity index (χ0n) is 13.8. The number of benzene rings is 2. The van der Waals surface area contributed by atoms with Crippen LogP contribution in [0.5, 0.6) is 0 Å². The van der Waals surface area contributed by atoms with Crippen molar-refractivity contribution in [1.82, 2.24) is 4.98 Å². The molecular formula is C22H17Cl2CrN. The molecule has 1 unspecified atom stereocenters. The fourth-order valence-electron chi connectivity index (χ4n) is 3.54. The summed E-state index contributed by atoms with van der Waals surface area (Å²) in [5.74, 6) is 0.422. The summed E-state index contributed by atoms with van der Waals surface area (Å²) in [4.78, 5) is 4.64. The van der Waals surface area contributed by atoms with Crippen LogP contribution in [-0.2, 0) is 15.2 Å². The maximum absolute atomic E-state index is 4.64. The van der Waals surface area contributed by atoms with Crippen LogP contribution >= 0.6 is 24.8 Å². The molecule has 130 valence electrons. The molecule has 0 saturated heterocycles. The molecule has 2 aliphatic rings. The summed E-state index contributed by atoms with van der Waals surface area (Å²) in [6.45, 7) is 0. The van der Waals surface area contributed by atoms with Crippen molar-refractivity contribution in [2.45, 2.75) is 5.92 Å². The standard InChI is InChI=1S/C13H9.C9H6N.2ClH.Cr/c1-3-7-12-10(5-1)9-11-6-2-4-8-13(11)12;1-2-6-9-8(4-1)5-3-7-10-9;;;/h1-8,12H;1-5,7H;2*1H;. The van der Waals surface area contributed by atoms with Gasteiger partial charge in [0.2, 0.25) is 0 Å². The van der Waals surface area contributed by atoms with Crippen LogP contribution in [0.3, 0.4) is 0 Å². The van der Waals surface area contributed by atoms with Crippen molar-refractivity contribution in [2.75, 3.05) is 0 Å². The van der Waals surface area contributed by atoms with Crippen LogP contribution in [0.15, 0.2) is 90.7 Å². The second-order valence-corrected chi connectivity index (χ2v) is 7.67. The Morgan fingerprint density at radius 3 is 2.62 bits per heavy atom. The van der Waals surface area contributed by atoms with Crippen molar-refractivity contribution < 1.29 is 15.2 Å². The molecule has 0 aliphatic heterocycles. The molecule has 1 aromatic heterocycles. The Bertz CT molecular complexity index is 1050. The first-order chi connectivity index (χ1) is 11.9. The van der Waals surface area contributed by atoms with Gasteiger partial charge in [0.15, 0.2) is 0 Å². The van der Waals surface area contributed by atoms with Gasteiger partial charge in [-0.15, -0.1) is 24.8 Å². The molecule has 5 rings (SSSR count). The maximum atomic E-state index is 4.64. The molecule has 3 aromatic rings. The first kappa shape index (κ1) is 19.0. The average Bonchev–Trinajstić information content (AvgIpc) is 2.97. The average molecular weight is 418 g/mol. The molecule has 0 N–H and O–H groups in total. The van der Waals surface area contributed by atoms with Crippen molar-refractivity contribution in [1.29, 1.82) is 0 Å². The van der Waals surface area contributed by atoms with Crippen molar-refractivity contribution in [2.24, 2.45) is 0 Å². The molecule has 0 spiro atoms. The molecule has 2 aliphatic carbocycles. The Morgan fingerprint density at radius 1 is 0.846 bits per heavy atom. The number of fused-ring (bicyclic) bond motifs is 4. The number of nitrogens with zero attached hydrogens (tertiary/aromatic N) is 1. The summed E-state index contributed by atoms with van der Waals surface area (Å²) in [6.07, 6.45) is 10.8. The molecule has 0 amide bonds. The fraction of sp³-hybridized carbons (Fsp3) is 0.0455. The number of rotatable bonds is 2. The summed E-state index contributed by atoms with van der Waals surface area (Å²) in [5.41, 5.74) is 5.47. The molecule has 0 bridgehead atoms. The first-order valence-corrected chi connectivity index (χ1v) is 9.39. The summed E-state index contributed by atoms with van der Waals surface area (Å²) >= 11 is 0.240. The quantitative estimate of drug-likeness (QED) is 0.542. The van der Waals surface area contributed by atoms with Gasteiger partial charge in [-0.2, -0.15) is 0 Å². The number of allylic oxidation sites excluding steroid dienone is 5. The van der Waals surface area contributed by atoms with E-state index in [0.717, 1.165) is 5.52 Å². The minimum Gasteiger partial charge on any atom is -0.147 e. The molecule has 1 nitrogen and oxygen atoms in total. The Balaban J connectivity index is 0.000000980. The Kier molecular flexibility index (Phi) is 5.71. The van der Waals surface area contributed by atoms with E-state index < -0.39 is 0 Å². The Labute approximate surface area is 172 Å². The largest absolute Gasteiger partial charge is 0.147 e. The van der Waals surface area contributed by atoms with Crippen LogP contribution in [0.1, 0.15) is 17.0 Å². The third-order valence-electron chi connectivity index (χ3n) is 4.64. The second-order valence-electron chi connectivity index (χ2n) is 6.03. The van der Waals surface area contributed by atoms with Crippen LogP contribution in [0.2, 0.25) is 0 Å². The van der Waals surface area contributed by atoms with Crippen LogP contribution in [-0.4, -0.2) is 4.98 Å². The molecule has 0 saturated carbocycles. The minimum atomic E-state index is 0. The zero-order valence-corrected chi connectivity index (χ0v) is 16.7. The van der Waals surface area contributed by atoms with E-state index in [1.165, 1.54) is 30.9 Å². The minimum absolute atomic E-state index is 0. The van der Waals surface area contributed by atoms with Crippen molar-refractivity contribution >= 4 is 44.6 Å². The molecular weight excluding hydrogens is 401 g/mol. The number of hydrogen-bond donors (Lipinski definition) is 0. The molecule has 4 heteroatoms. The topological polar surface area (TPSA) is 12.9 Å². The number of pyridine rings is 1. The molecule has 0 radical (unpaired) electrons. The summed E-state index contributed by atoms with van der Waals surface area (Å²) in [7, 11) is 0. The van der Waals surface area contributed by atoms with Gasteiger partial charge in [0.25, 0.3) is 0 Å². The number of hydrogen-bond acceptors (Lipinski definition) is 1. The van der Waals surface area contributed by atoms with Crippen LogP contribution in [0.4, 0.5) is 0 Å². The maximum Gasteiger partial charge on any atom is -0.147 e. The number of halogens is 2. The van der Waals surface area contributed by atoms with E-state index in [9.17, 15) is 0 Å². The van der Waals surface area contributed by atoms with Gasteiger partial charge in [0, 0.05) is 0 Å².